The molecule has 0 fully saturated rings. The zero-order chi connectivity index (χ0) is 12.8. The van der Waals surface area contributed by atoms with Crippen molar-refractivity contribution in [1.29, 1.82) is 0 Å². The molecular weight excluding hydrogens is 220 g/mol. The van der Waals surface area contributed by atoms with E-state index in [1.54, 1.807) is 12.1 Å². The fraction of sp³-hybridized carbons (Fsp3) is 0.385. The number of hydrogen-bond acceptors (Lipinski definition) is 4. The predicted molar refractivity (Wildman–Crippen MR) is 63.8 cm³/mol. The van der Waals surface area contributed by atoms with Crippen LogP contribution in [0.5, 0.6) is 11.5 Å². The van der Waals surface area contributed by atoms with Gasteiger partial charge in [-0.1, -0.05) is 0 Å². The molecule has 0 amide bonds. The summed E-state index contributed by atoms with van der Waals surface area (Å²) in [6.07, 6.45) is 0. The summed E-state index contributed by atoms with van der Waals surface area (Å²) >= 11 is 0. The van der Waals surface area contributed by atoms with Crippen LogP contribution in [-0.4, -0.2) is 24.8 Å². The molecule has 0 N–H and O–H groups in total. The van der Waals surface area contributed by atoms with Crippen LogP contribution in [0.1, 0.15) is 31.1 Å². The summed E-state index contributed by atoms with van der Waals surface area (Å²) < 4.78 is 10.7. The van der Waals surface area contributed by atoms with Crippen LogP contribution in [0.15, 0.2) is 18.2 Å². The van der Waals surface area contributed by atoms with Gasteiger partial charge in [0.25, 0.3) is 0 Å². The Labute approximate surface area is 101 Å². The first-order valence-electron chi connectivity index (χ1n) is 5.55. The van der Waals surface area contributed by atoms with E-state index >= 15 is 0 Å². The molecule has 0 saturated heterocycles. The number of rotatable bonds is 6. The van der Waals surface area contributed by atoms with E-state index in [0.29, 0.717) is 30.3 Å². The van der Waals surface area contributed by atoms with Crippen LogP contribution in [0, 0.1) is 0 Å². The molecule has 4 nitrogen and oxygen atoms in total. The van der Waals surface area contributed by atoms with E-state index in [0.717, 1.165) is 0 Å². The Morgan fingerprint density at radius 3 is 2.18 bits per heavy atom. The molecule has 0 aliphatic rings. The molecular formula is C13H16O4. The molecule has 92 valence electrons. The van der Waals surface area contributed by atoms with Crippen LogP contribution in [0.25, 0.3) is 0 Å². The Morgan fingerprint density at radius 2 is 1.65 bits per heavy atom. The van der Waals surface area contributed by atoms with Crippen LogP contribution in [0.4, 0.5) is 0 Å². The van der Waals surface area contributed by atoms with Gasteiger partial charge in [0.1, 0.15) is 0 Å². The van der Waals surface area contributed by atoms with E-state index in [2.05, 4.69) is 0 Å². The minimum atomic E-state index is -0.519. The lowest BCUT2D eigenvalue weighted by molar-refractivity contribution is -0.113. The van der Waals surface area contributed by atoms with Crippen molar-refractivity contribution < 1.29 is 19.1 Å². The molecule has 0 bridgehead atoms. The molecule has 0 saturated carbocycles. The Bertz CT molecular complexity index is 423. The van der Waals surface area contributed by atoms with Gasteiger partial charge in [0.05, 0.1) is 13.2 Å². The van der Waals surface area contributed by atoms with Crippen LogP contribution in [-0.2, 0) is 4.79 Å². The molecule has 0 spiro atoms. The number of ether oxygens (including phenoxy) is 2. The van der Waals surface area contributed by atoms with Gasteiger partial charge in [-0.05, 0) is 32.0 Å². The first kappa shape index (κ1) is 13.2. The fourth-order valence-corrected chi connectivity index (χ4v) is 1.40. The van der Waals surface area contributed by atoms with Crippen molar-refractivity contribution in [1.82, 2.24) is 0 Å². The van der Waals surface area contributed by atoms with E-state index in [9.17, 15) is 9.59 Å². The lowest BCUT2D eigenvalue weighted by Gasteiger charge is -2.11. The number of hydrogen-bond donors (Lipinski definition) is 0. The third kappa shape index (κ3) is 3.31. The van der Waals surface area contributed by atoms with Gasteiger partial charge >= 0.3 is 0 Å². The van der Waals surface area contributed by atoms with Crippen molar-refractivity contribution >= 4 is 11.6 Å². The maximum Gasteiger partial charge on any atom is 0.228 e. The van der Waals surface area contributed by atoms with E-state index in [4.69, 9.17) is 9.47 Å². The second kappa shape index (κ2) is 6.03. The predicted octanol–water partition coefficient (Wildman–Crippen LogP) is 2.26. The first-order chi connectivity index (χ1) is 8.10. The Balaban J connectivity index is 3.08. The van der Waals surface area contributed by atoms with Crippen molar-refractivity contribution in [2.75, 3.05) is 13.2 Å². The van der Waals surface area contributed by atoms with Gasteiger partial charge < -0.3 is 9.47 Å². The molecule has 4 heteroatoms. The van der Waals surface area contributed by atoms with Crippen molar-refractivity contribution in [3.05, 3.63) is 23.8 Å². The van der Waals surface area contributed by atoms with Gasteiger partial charge in [-0.15, -0.1) is 0 Å². The topological polar surface area (TPSA) is 52.6 Å². The maximum atomic E-state index is 11.5. The minimum absolute atomic E-state index is 0.324. The normalized spacial score (nSPS) is 9.82. The fourth-order valence-electron chi connectivity index (χ4n) is 1.40. The largest absolute Gasteiger partial charge is 0.490 e. The van der Waals surface area contributed by atoms with Crippen LogP contribution in [0.2, 0.25) is 0 Å². The Morgan fingerprint density at radius 1 is 1.06 bits per heavy atom. The molecule has 0 heterocycles. The molecule has 0 aliphatic carbocycles. The van der Waals surface area contributed by atoms with Crippen molar-refractivity contribution in [3.63, 3.8) is 0 Å². The smallest absolute Gasteiger partial charge is 0.228 e. The van der Waals surface area contributed by atoms with E-state index in [1.165, 1.54) is 13.0 Å². The molecule has 1 aromatic rings. The van der Waals surface area contributed by atoms with Crippen molar-refractivity contribution in [3.8, 4) is 11.5 Å². The zero-order valence-electron chi connectivity index (χ0n) is 10.3. The summed E-state index contributed by atoms with van der Waals surface area (Å²) in [4.78, 5) is 22.5. The Kier molecular flexibility index (Phi) is 4.69. The quantitative estimate of drug-likeness (QED) is 0.561. The highest BCUT2D eigenvalue weighted by Gasteiger charge is 2.14. The third-order valence-corrected chi connectivity index (χ3v) is 2.13. The summed E-state index contributed by atoms with van der Waals surface area (Å²) in [6, 6.07) is 4.75. The van der Waals surface area contributed by atoms with Crippen LogP contribution < -0.4 is 9.47 Å². The van der Waals surface area contributed by atoms with Gasteiger partial charge in [-0.25, -0.2) is 0 Å². The summed E-state index contributed by atoms with van der Waals surface area (Å²) in [5.41, 5.74) is 0.324. The van der Waals surface area contributed by atoms with Gasteiger partial charge in [0, 0.05) is 12.5 Å². The standard InChI is InChI=1S/C13H16O4/c1-4-16-11-7-6-10(13(15)9(3)14)8-12(11)17-5-2/h6-8H,4-5H2,1-3H3. The Hall–Kier alpha value is -1.84. The summed E-state index contributed by atoms with van der Waals surface area (Å²) in [5.74, 6) is 0.0570. The monoisotopic (exact) mass is 236 g/mol. The average molecular weight is 236 g/mol. The highest BCUT2D eigenvalue weighted by atomic mass is 16.5. The summed E-state index contributed by atoms with van der Waals surface area (Å²) in [6.45, 7) is 5.94. The van der Waals surface area contributed by atoms with Gasteiger partial charge in [-0.3, -0.25) is 9.59 Å². The first-order valence-corrected chi connectivity index (χ1v) is 5.55. The lowest BCUT2D eigenvalue weighted by atomic mass is 10.1. The molecule has 17 heavy (non-hydrogen) atoms. The molecule has 0 aromatic heterocycles. The second-order valence-corrected chi connectivity index (χ2v) is 3.41. The number of carbonyl (C=O) groups excluding carboxylic acids is 2. The van der Waals surface area contributed by atoms with Crippen LogP contribution >= 0.6 is 0 Å². The second-order valence-electron chi connectivity index (χ2n) is 3.41. The average Bonchev–Trinajstić information content (AvgIpc) is 2.31. The summed E-state index contributed by atoms with van der Waals surface area (Å²) in [7, 11) is 0. The highest BCUT2D eigenvalue weighted by molar-refractivity contribution is 6.42. The number of benzene rings is 1. The highest BCUT2D eigenvalue weighted by Crippen LogP contribution is 2.28. The van der Waals surface area contributed by atoms with Crippen LogP contribution in [0.3, 0.4) is 0 Å². The molecule has 0 unspecified atom stereocenters. The molecule has 0 aliphatic heterocycles. The van der Waals surface area contributed by atoms with E-state index < -0.39 is 11.6 Å². The van der Waals surface area contributed by atoms with E-state index in [-0.39, 0.29) is 0 Å². The number of carbonyl (C=O) groups is 2. The van der Waals surface area contributed by atoms with E-state index in [1.807, 2.05) is 13.8 Å². The molecule has 0 radical (unpaired) electrons. The number of ketones is 2. The van der Waals surface area contributed by atoms with Crippen molar-refractivity contribution in [2.45, 2.75) is 20.8 Å². The van der Waals surface area contributed by atoms with Gasteiger partial charge in [0.2, 0.25) is 5.78 Å². The summed E-state index contributed by atoms with van der Waals surface area (Å²) in [5, 5.41) is 0. The van der Waals surface area contributed by atoms with Gasteiger partial charge in [-0.2, -0.15) is 0 Å². The number of Topliss-reactive ketones (excluding diaryl/α,β-unsaturated/α-hetero) is 2. The zero-order valence-corrected chi connectivity index (χ0v) is 10.3. The molecule has 1 aromatic carbocycles. The molecule has 1 rings (SSSR count). The van der Waals surface area contributed by atoms with Gasteiger partial charge in [0.15, 0.2) is 17.3 Å². The third-order valence-electron chi connectivity index (χ3n) is 2.13. The lowest BCUT2D eigenvalue weighted by Crippen LogP contribution is -2.10. The molecule has 0 atom stereocenters. The minimum Gasteiger partial charge on any atom is -0.490 e. The SMILES string of the molecule is CCOc1ccc(C(=O)C(C)=O)cc1OCC. The van der Waals surface area contributed by atoms with Crippen molar-refractivity contribution in [2.24, 2.45) is 0 Å². The maximum absolute atomic E-state index is 11.5.